The number of carbonyl (C=O) groups excluding carboxylic acids is 2. The molecule has 0 unspecified atom stereocenters. The first-order valence-corrected chi connectivity index (χ1v) is 9.54. The first-order valence-electron chi connectivity index (χ1n) is 7.98. The molecule has 9 heteroatoms. The Bertz CT molecular complexity index is 798. The summed E-state index contributed by atoms with van der Waals surface area (Å²) in [5.74, 6) is -0.617. The highest BCUT2D eigenvalue weighted by Crippen LogP contribution is 2.10. The lowest BCUT2D eigenvalue weighted by Gasteiger charge is -2.11. The van der Waals surface area contributed by atoms with Gasteiger partial charge in [0, 0.05) is 11.4 Å². The Morgan fingerprint density at radius 1 is 0.889 bits per heavy atom. The van der Waals surface area contributed by atoms with Crippen LogP contribution in [0.25, 0.3) is 0 Å². The zero-order valence-electron chi connectivity index (χ0n) is 14.5. The molecule has 0 heterocycles. The van der Waals surface area contributed by atoms with Gasteiger partial charge in [-0.1, -0.05) is 17.7 Å². The Kier molecular flexibility index (Phi) is 8.02. The lowest BCUT2D eigenvalue weighted by Crippen LogP contribution is -2.44. The highest BCUT2D eigenvalue weighted by Gasteiger charge is 2.07. The molecule has 0 saturated heterocycles. The van der Waals surface area contributed by atoms with Crippen molar-refractivity contribution in [2.75, 3.05) is 22.1 Å². The van der Waals surface area contributed by atoms with Crippen molar-refractivity contribution in [3.63, 3.8) is 0 Å². The molecular formula is C18H19FN4O2S2. The van der Waals surface area contributed by atoms with Gasteiger partial charge in [0.05, 0.1) is 11.5 Å². The minimum absolute atomic E-state index is 0.0908. The van der Waals surface area contributed by atoms with Gasteiger partial charge in [0.15, 0.2) is 5.11 Å². The number of hydrazine groups is 1. The smallest absolute Gasteiger partial charge is 0.248 e. The van der Waals surface area contributed by atoms with Crippen molar-refractivity contribution in [1.82, 2.24) is 10.9 Å². The van der Waals surface area contributed by atoms with Gasteiger partial charge in [0.2, 0.25) is 11.8 Å². The van der Waals surface area contributed by atoms with Gasteiger partial charge in [-0.2, -0.15) is 0 Å². The quantitative estimate of drug-likeness (QED) is 0.436. The van der Waals surface area contributed by atoms with E-state index in [9.17, 15) is 14.0 Å². The standard InChI is InChI=1S/C18H19FN4O2S2/c1-12-2-6-14(7-3-12)20-16(24)10-27-11-17(25)22-23-18(26)21-15-8-4-13(19)5-9-15/h2-9H,10-11H2,1H3,(H,20,24)(H,22,25)(H2,21,23,26). The number of carbonyl (C=O) groups is 2. The van der Waals surface area contributed by atoms with E-state index in [0.717, 1.165) is 11.3 Å². The van der Waals surface area contributed by atoms with Crippen LogP contribution in [-0.2, 0) is 9.59 Å². The molecule has 2 rings (SSSR count). The minimum atomic E-state index is -0.351. The second-order valence-electron chi connectivity index (χ2n) is 5.54. The first kappa shape index (κ1) is 20.7. The number of amides is 2. The summed E-state index contributed by atoms with van der Waals surface area (Å²) < 4.78 is 12.8. The van der Waals surface area contributed by atoms with Crippen molar-refractivity contribution >= 4 is 52.3 Å². The van der Waals surface area contributed by atoms with Crippen molar-refractivity contribution in [2.45, 2.75) is 6.92 Å². The summed E-state index contributed by atoms with van der Waals surface area (Å²) in [4.78, 5) is 23.6. The van der Waals surface area contributed by atoms with Crippen LogP contribution in [0.1, 0.15) is 5.56 Å². The van der Waals surface area contributed by atoms with E-state index in [4.69, 9.17) is 12.2 Å². The maximum Gasteiger partial charge on any atom is 0.248 e. The molecule has 142 valence electrons. The average molecular weight is 407 g/mol. The number of rotatable bonds is 6. The molecule has 0 fully saturated rings. The first-order chi connectivity index (χ1) is 12.9. The van der Waals surface area contributed by atoms with Crippen molar-refractivity contribution < 1.29 is 14.0 Å². The molecule has 0 atom stereocenters. The Labute approximate surface area is 166 Å². The normalized spacial score (nSPS) is 10.0. The van der Waals surface area contributed by atoms with Crippen LogP contribution in [0.4, 0.5) is 15.8 Å². The van der Waals surface area contributed by atoms with E-state index >= 15 is 0 Å². The summed E-state index contributed by atoms with van der Waals surface area (Å²) in [6.45, 7) is 1.97. The second kappa shape index (κ2) is 10.5. The van der Waals surface area contributed by atoms with E-state index in [-0.39, 0.29) is 34.2 Å². The van der Waals surface area contributed by atoms with Crippen LogP contribution in [0.2, 0.25) is 0 Å². The predicted molar refractivity (Wildman–Crippen MR) is 111 cm³/mol. The van der Waals surface area contributed by atoms with Gasteiger partial charge < -0.3 is 10.6 Å². The van der Waals surface area contributed by atoms with Crippen LogP contribution < -0.4 is 21.5 Å². The number of thiocarbonyl (C=S) groups is 1. The van der Waals surface area contributed by atoms with Gasteiger partial charge in [-0.3, -0.25) is 20.4 Å². The lowest BCUT2D eigenvalue weighted by molar-refractivity contribution is -0.119. The van der Waals surface area contributed by atoms with Crippen LogP contribution in [0, 0.1) is 12.7 Å². The SMILES string of the molecule is Cc1ccc(NC(=O)CSCC(=O)NNC(=S)Nc2ccc(F)cc2)cc1. The van der Waals surface area contributed by atoms with Gasteiger partial charge in [0.1, 0.15) is 5.82 Å². The molecule has 4 N–H and O–H groups in total. The molecule has 0 spiro atoms. The fourth-order valence-electron chi connectivity index (χ4n) is 1.93. The van der Waals surface area contributed by atoms with Gasteiger partial charge in [-0.05, 0) is 55.5 Å². The Hall–Kier alpha value is -2.65. The Morgan fingerprint density at radius 2 is 1.44 bits per heavy atom. The molecule has 2 aromatic rings. The van der Waals surface area contributed by atoms with Gasteiger partial charge >= 0.3 is 0 Å². The zero-order chi connectivity index (χ0) is 19.6. The lowest BCUT2D eigenvalue weighted by atomic mass is 10.2. The summed E-state index contributed by atoms with van der Waals surface area (Å²) in [6, 6.07) is 13.1. The monoisotopic (exact) mass is 406 g/mol. The fourth-order valence-corrected chi connectivity index (χ4v) is 2.71. The maximum atomic E-state index is 12.8. The third-order valence-corrected chi connectivity index (χ3v) is 4.36. The van der Waals surface area contributed by atoms with Crippen LogP contribution in [0.15, 0.2) is 48.5 Å². The Morgan fingerprint density at radius 3 is 2.11 bits per heavy atom. The molecule has 6 nitrogen and oxygen atoms in total. The van der Waals surface area contributed by atoms with E-state index in [1.54, 1.807) is 0 Å². The molecular weight excluding hydrogens is 387 g/mol. The number of benzene rings is 2. The van der Waals surface area contributed by atoms with Crippen molar-refractivity contribution in [3.8, 4) is 0 Å². The molecule has 0 radical (unpaired) electrons. The van der Waals surface area contributed by atoms with Gasteiger partial charge in [-0.15, -0.1) is 11.8 Å². The third-order valence-electron chi connectivity index (χ3n) is 3.22. The molecule has 2 amide bonds. The number of halogens is 1. The highest BCUT2D eigenvalue weighted by molar-refractivity contribution is 8.00. The average Bonchev–Trinajstić information content (AvgIpc) is 2.64. The summed E-state index contributed by atoms with van der Waals surface area (Å²) in [5.41, 5.74) is 7.38. The molecule has 0 aliphatic carbocycles. The van der Waals surface area contributed by atoms with Crippen LogP contribution in [0.5, 0.6) is 0 Å². The van der Waals surface area contributed by atoms with E-state index in [2.05, 4.69) is 21.5 Å². The molecule has 0 aliphatic rings. The largest absolute Gasteiger partial charge is 0.331 e. The summed E-state index contributed by atoms with van der Waals surface area (Å²) >= 11 is 6.20. The number of aryl methyl sites for hydroxylation is 1. The molecule has 2 aromatic carbocycles. The maximum absolute atomic E-state index is 12.8. The van der Waals surface area contributed by atoms with Crippen molar-refractivity contribution in [2.24, 2.45) is 0 Å². The second-order valence-corrected chi connectivity index (χ2v) is 6.94. The minimum Gasteiger partial charge on any atom is -0.331 e. The topological polar surface area (TPSA) is 82.3 Å². The number of nitrogens with one attached hydrogen (secondary N) is 4. The van der Waals surface area contributed by atoms with E-state index in [1.807, 2.05) is 31.2 Å². The molecule has 27 heavy (non-hydrogen) atoms. The third kappa shape index (κ3) is 8.06. The fraction of sp³-hybridized carbons (Fsp3) is 0.167. The molecule has 0 aromatic heterocycles. The summed E-state index contributed by atoms with van der Waals surface area (Å²) in [6.07, 6.45) is 0. The molecule has 0 bridgehead atoms. The van der Waals surface area contributed by atoms with E-state index < -0.39 is 0 Å². The van der Waals surface area contributed by atoms with E-state index in [0.29, 0.717) is 5.69 Å². The summed E-state index contributed by atoms with van der Waals surface area (Å²) in [5, 5.41) is 5.72. The zero-order valence-corrected chi connectivity index (χ0v) is 16.2. The predicted octanol–water partition coefficient (Wildman–Crippen LogP) is 2.82. The molecule has 0 aliphatic heterocycles. The summed E-state index contributed by atoms with van der Waals surface area (Å²) in [7, 11) is 0. The van der Waals surface area contributed by atoms with Gasteiger partial charge in [0.25, 0.3) is 0 Å². The number of hydrogen-bond acceptors (Lipinski definition) is 4. The van der Waals surface area contributed by atoms with Crippen LogP contribution in [-0.4, -0.2) is 28.4 Å². The molecule has 0 saturated carbocycles. The number of thioether (sulfide) groups is 1. The van der Waals surface area contributed by atoms with Crippen LogP contribution >= 0.6 is 24.0 Å². The van der Waals surface area contributed by atoms with Gasteiger partial charge in [-0.25, -0.2) is 4.39 Å². The van der Waals surface area contributed by atoms with Crippen molar-refractivity contribution in [3.05, 3.63) is 59.9 Å². The van der Waals surface area contributed by atoms with Crippen LogP contribution in [0.3, 0.4) is 0 Å². The highest BCUT2D eigenvalue weighted by atomic mass is 32.2. The number of hydrogen-bond donors (Lipinski definition) is 4. The van der Waals surface area contributed by atoms with Crippen molar-refractivity contribution in [1.29, 1.82) is 0 Å². The van der Waals surface area contributed by atoms with E-state index in [1.165, 1.54) is 36.0 Å². The number of anilines is 2. The Balaban J connectivity index is 1.61.